The Labute approximate surface area is 93.7 Å². The molecule has 0 amide bonds. The Bertz CT molecular complexity index is 393. The topological polar surface area (TPSA) is 41.4 Å². The standard InChI is InChI=1S/C8H6FIN4/c9-6-1-2-11-5-14(6)8-3-7(10)12-4-13-8/h1-6H. The number of alkyl halides is 1. The van der Waals surface area contributed by atoms with Crippen molar-refractivity contribution >= 4 is 34.7 Å². The number of anilines is 1. The van der Waals surface area contributed by atoms with E-state index >= 15 is 0 Å². The summed E-state index contributed by atoms with van der Waals surface area (Å²) < 4.78 is 14.1. The Morgan fingerprint density at radius 2 is 2.29 bits per heavy atom. The smallest absolute Gasteiger partial charge is 0.199 e. The monoisotopic (exact) mass is 304 g/mol. The fourth-order valence-corrected chi connectivity index (χ4v) is 1.44. The Hall–Kier alpha value is -1.05. The fraction of sp³-hybridized carbons (Fsp3) is 0.125. The molecule has 2 heterocycles. The van der Waals surface area contributed by atoms with Crippen molar-refractivity contribution in [3.8, 4) is 0 Å². The number of aromatic nitrogens is 2. The highest BCUT2D eigenvalue weighted by Gasteiger charge is 2.16. The van der Waals surface area contributed by atoms with E-state index < -0.39 is 6.30 Å². The van der Waals surface area contributed by atoms with Crippen LogP contribution in [0.3, 0.4) is 0 Å². The van der Waals surface area contributed by atoms with Gasteiger partial charge in [0, 0.05) is 12.3 Å². The maximum Gasteiger partial charge on any atom is 0.199 e. The van der Waals surface area contributed by atoms with E-state index in [0.717, 1.165) is 3.70 Å². The van der Waals surface area contributed by atoms with Gasteiger partial charge in [-0.2, -0.15) is 0 Å². The molecule has 4 nitrogen and oxygen atoms in total. The lowest BCUT2D eigenvalue weighted by atomic mass is 10.4. The molecule has 0 aromatic carbocycles. The van der Waals surface area contributed by atoms with Crippen LogP contribution in [-0.4, -0.2) is 22.6 Å². The Morgan fingerprint density at radius 3 is 3.00 bits per heavy atom. The van der Waals surface area contributed by atoms with Gasteiger partial charge in [-0.3, -0.25) is 4.90 Å². The minimum atomic E-state index is -1.21. The Balaban J connectivity index is 2.31. The lowest BCUT2D eigenvalue weighted by molar-refractivity contribution is 0.409. The summed E-state index contributed by atoms with van der Waals surface area (Å²) in [6.07, 6.45) is 4.37. The van der Waals surface area contributed by atoms with E-state index in [0.29, 0.717) is 5.82 Å². The van der Waals surface area contributed by atoms with Crippen LogP contribution >= 0.6 is 22.6 Å². The summed E-state index contributed by atoms with van der Waals surface area (Å²) in [6, 6.07) is 1.69. The second kappa shape index (κ2) is 3.99. The van der Waals surface area contributed by atoms with Gasteiger partial charge in [0.05, 0.1) is 6.34 Å². The molecule has 0 saturated carbocycles. The predicted octanol–water partition coefficient (Wildman–Crippen LogP) is 1.74. The number of halogens is 2. The molecule has 0 aliphatic carbocycles. The summed E-state index contributed by atoms with van der Waals surface area (Å²) in [7, 11) is 0. The molecule has 1 aromatic heterocycles. The quantitative estimate of drug-likeness (QED) is 0.451. The van der Waals surface area contributed by atoms with Crippen molar-refractivity contribution in [3.63, 3.8) is 0 Å². The molecule has 72 valence electrons. The molecule has 0 fully saturated rings. The van der Waals surface area contributed by atoms with Crippen molar-refractivity contribution in [3.05, 3.63) is 28.4 Å². The van der Waals surface area contributed by atoms with E-state index in [1.807, 2.05) is 22.6 Å². The third kappa shape index (κ3) is 1.89. The molecule has 1 atom stereocenters. The van der Waals surface area contributed by atoms with Gasteiger partial charge in [0.1, 0.15) is 15.8 Å². The first-order valence-corrected chi connectivity index (χ1v) is 4.95. The Morgan fingerprint density at radius 1 is 1.43 bits per heavy atom. The van der Waals surface area contributed by atoms with Gasteiger partial charge in [0.2, 0.25) is 0 Å². The minimum Gasteiger partial charge on any atom is -0.282 e. The van der Waals surface area contributed by atoms with Crippen LogP contribution < -0.4 is 4.90 Å². The highest BCUT2D eigenvalue weighted by Crippen LogP contribution is 2.17. The number of hydrogen-bond donors (Lipinski definition) is 0. The van der Waals surface area contributed by atoms with Crippen molar-refractivity contribution in [2.24, 2.45) is 4.99 Å². The van der Waals surface area contributed by atoms with Crippen molar-refractivity contribution in [2.45, 2.75) is 6.30 Å². The summed E-state index contributed by atoms with van der Waals surface area (Å²) in [5.41, 5.74) is 0. The maximum absolute atomic E-state index is 13.4. The normalized spacial score (nSPS) is 20.1. The molecule has 0 radical (unpaired) electrons. The van der Waals surface area contributed by atoms with Crippen LogP contribution in [-0.2, 0) is 0 Å². The highest BCUT2D eigenvalue weighted by molar-refractivity contribution is 14.1. The van der Waals surface area contributed by atoms with Gasteiger partial charge in [-0.15, -0.1) is 0 Å². The molecule has 6 heteroatoms. The van der Waals surface area contributed by atoms with Gasteiger partial charge in [0.15, 0.2) is 6.30 Å². The van der Waals surface area contributed by atoms with Crippen molar-refractivity contribution in [1.29, 1.82) is 0 Å². The predicted molar refractivity (Wildman–Crippen MR) is 59.8 cm³/mol. The van der Waals surface area contributed by atoms with E-state index in [9.17, 15) is 4.39 Å². The molecule has 1 aliphatic heterocycles. The summed E-state index contributed by atoms with van der Waals surface area (Å²) in [4.78, 5) is 13.1. The van der Waals surface area contributed by atoms with Gasteiger partial charge in [-0.1, -0.05) is 0 Å². The second-order valence-electron chi connectivity index (χ2n) is 2.58. The first-order chi connectivity index (χ1) is 6.77. The average molecular weight is 304 g/mol. The van der Waals surface area contributed by atoms with Gasteiger partial charge in [0.25, 0.3) is 0 Å². The van der Waals surface area contributed by atoms with Crippen molar-refractivity contribution in [2.75, 3.05) is 4.90 Å². The summed E-state index contributed by atoms with van der Waals surface area (Å²) in [5.74, 6) is 0.505. The largest absolute Gasteiger partial charge is 0.282 e. The molecule has 2 rings (SSSR count). The number of hydrogen-bond acceptors (Lipinski definition) is 4. The minimum absolute atomic E-state index is 0.505. The van der Waals surface area contributed by atoms with Crippen LogP contribution in [0.15, 0.2) is 29.7 Å². The van der Waals surface area contributed by atoms with Gasteiger partial charge < -0.3 is 0 Å². The van der Waals surface area contributed by atoms with Crippen molar-refractivity contribution < 1.29 is 4.39 Å². The fourth-order valence-electron chi connectivity index (χ4n) is 1.04. The molecule has 0 bridgehead atoms. The maximum atomic E-state index is 13.4. The molecular weight excluding hydrogens is 298 g/mol. The Kier molecular flexibility index (Phi) is 2.71. The molecule has 14 heavy (non-hydrogen) atoms. The molecule has 1 aliphatic rings. The van der Waals surface area contributed by atoms with Crippen LogP contribution in [0.1, 0.15) is 0 Å². The summed E-state index contributed by atoms with van der Waals surface area (Å²) in [5, 5.41) is 0. The molecule has 0 spiro atoms. The molecule has 0 saturated heterocycles. The van der Waals surface area contributed by atoms with E-state index in [-0.39, 0.29) is 0 Å². The molecule has 1 unspecified atom stereocenters. The highest BCUT2D eigenvalue weighted by atomic mass is 127. The van der Waals surface area contributed by atoms with Crippen LogP contribution in [0, 0.1) is 3.70 Å². The summed E-state index contributed by atoms with van der Waals surface area (Å²) in [6.45, 7) is 0. The SMILES string of the molecule is FC1C=CN=CN1c1cc(I)ncn1. The van der Waals surface area contributed by atoms with Gasteiger partial charge in [-0.05, 0) is 28.7 Å². The second-order valence-corrected chi connectivity index (χ2v) is 3.69. The first kappa shape index (κ1) is 9.50. The zero-order chi connectivity index (χ0) is 9.97. The number of rotatable bonds is 1. The summed E-state index contributed by atoms with van der Waals surface area (Å²) >= 11 is 2.05. The number of nitrogens with zero attached hydrogens (tertiary/aromatic N) is 4. The van der Waals surface area contributed by atoms with E-state index in [4.69, 9.17) is 0 Å². The van der Waals surface area contributed by atoms with Crippen LogP contribution in [0.25, 0.3) is 0 Å². The van der Waals surface area contributed by atoms with Crippen LogP contribution in [0.2, 0.25) is 0 Å². The third-order valence-electron chi connectivity index (χ3n) is 1.67. The third-order valence-corrected chi connectivity index (χ3v) is 2.26. The van der Waals surface area contributed by atoms with E-state index in [1.54, 1.807) is 6.07 Å². The van der Waals surface area contributed by atoms with Crippen LogP contribution in [0.4, 0.5) is 10.2 Å². The molecular formula is C8H6FIN4. The average Bonchev–Trinajstić information content (AvgIpc) is 2.18. The zero-order valence-electron chi connectivity index (χ0n) is 7.01. The van der Waals surface area contributed by atoms with E-state index in [2.05, 4.69) is 15.0 Å². The van der Waals surface area contributed by atoms with Crippen LogP contribution in [0.5, 0.6) is 0 Å². The van der Waals surface area contributed by atoms with E-state index in [1.165, 1.54) is 29.8 Å². The number of aliphatic imine (C=N–C) groups is 1. The molecule has 0 N–H and O–H groups in total. The van der Waals surface area contributed by atoms with Crippen molar-refractivity contribution in [1.82, 2.24) is 9.97 Å². The lowest BCUT2D eigenvalue weighted by Gasteiger charge is -2.21. The zero-order valence-corrected chi connectivity index (χ0v) is 9.17. The molecule has 1 aromatic rings. The first-order valence-electron chi connectivity index (χ1n) is 3.87. The van der Waals surface area contributed by atoms with Gasteiger partial charge >= 0.3 is 0 Å². The van der Waals surface area contributed by atoms with Gasteiger partial charge in [-0.25, -0.2) is 19.4 Å². The lowest BCUT2D eigenvalue weighted by Crippen LogP contribution is -2.31.